The molecule has 0 saturated heterocycles. The van der Waals surface area contributed by atoms with Gasteiger partial charge >= 0.3 is 0 Å². The summed E-state index contributed by atoms with van der Waals surface area (Å²) in [4.78, 5) is 48.9. The molecule has 0 unspecified atom stereocenters. The van der Waals surface area contributed by atoms with Crippen molar-refractivity contribution in [1.82, 2.24) is 15.5 Å². The Bertz CT molecular complexity index is 1160. The molecule has 182 valence electrons. The normalized spacial score (nSPS) is 17.1. The summed E-state index contributed by atoms with van der Waals surface area (Å²) in [7, 11) is 0. The quantitative estimate of drug-likeness (QED) is 0.563. The van der Waals surface area contributed by atoms with Gasteiger partial charge in [-0.25, -0.2) is 9.89 Å². The van der Waals surface area contributed by atoms with Crippen LogP contribution in [0.25, 0.3) is 0 Å². The number of amides is 3. The largest absolute Gasteiger partial charge is 0.356 e. The van der Waals surface area contributed by atoms with Gasteiger partial charge in [0.05, 0.1) is 17.9 Å². The van der Waals surface area contributed by atoms with Crippen LogP contribution >= 0.6 is 11.8 Å². The van der Waals surface area contributed by atoms with Crippen LogP contribution in [0.1, 0.15) is 37.8 Å². The fourth-order valence-corrected chi connectivity index (χ4v) is 4.63. The van der Waals surface area contributed by atoms with Crippen LogP contribution in [0.3, 0.4) is 0 Å². The maximum atomic E-state index is 13.3. The van der Waals surface area contributed by atoms with Crippen LogP contribution in [-0.2, 0) is 20.8 Å². The Hall–Kier alpha value is -3.46. The summed E-state index contributed by atoms with van der Waals surface area (Å²) in [5.41, 5.74) is 2.56. The highest BCUT2D eigenvalue weighted by atomic mass is 32.2. The van der Waals surface area contributed by atoms with Crippen LogP contribution in [0, 0.1) is 0 Å². The van der Waals surface area contributed by atoms with E-state index in [4.69, 9.17) is 0 Å². The molecule has 0 bridgehead atoms. The maximum absolute atomic E-state index is 13.3. The van der Waals surface area contributed by atoms with Gasteiger partial charge in [-0.1, -0.05) is 61.2 Å². The maximum Gasteiger partial charge on any atom is 0.259 e. The summed E-state index contributed by atoms with van der Waals surface area (Å²) in [6.07, 6.45) is 1.51. The smallest absolute Gasteiger partial charge is 0.259 e. The van der Waals surface area contributed by atoms with Crippen LogP contribution in [0.5, 0.6) is 0 Å². The van der Waals surface area contributed by atoms with E-state index in [1.807, 2.05) is 68.4 Å². The molecular weight excluding hydrogens is 462 g/mol. The SMILES string of the molecule is CC[C@H](C)NC(=O)CSC1=Nc2ccccc2C2=N[C@H](CC(=O)NCCc3ccccc3)C(=O)N12. The van der Waals surface area contributed by atoms with Gasteiger partial charge in [0.1, 0.15) is 11.9 Å². The summed E-state index contributed by atoms with van der Waals surface area (Å²) in [6.45, 7) is 4.44. The van der Waals surface area contributed by atoms with Crippen molar-refractivity contribution >= 4 is 46.2 Å². The van der Waals surface area contributed by atoms with Crippen molar-refractivity contribution in [3.8, 4) is 0 Å². The Kier molecular flexibility index (Phi) is 7.97. The number of rotatable bonds is 9. The number of aliphatic imine (C=N–C) groups is 2. The van der Waals surface area contributed by atoms with Gasteiger partial charge < -0.3 is 10.6 Å². The molecule has 0 aliphatic carbocycles. The number of nitrogens with zero attached hydrogens (tertiary/aromatic N) is 3. The fourth-order valence-electron chi connectivity index (χ4n) is 3.82. The van der Waals surface area contributed by atoms with Gasteiger partial charge in [0.2, 0.25) is 11.8 Å². The standard InChI is InChI=1S/C26H29N5O3S/c1-3-17(2)28-23(33)16-35-26-30-20-12-8-7-11-19(20)24-29-21(25(34)31(24)26)15-22(32)27-14-13-18-9-5-4-6-10-18/h4-12,17,21H,3,13-16H2,1-2H3,(H,27,32)(H,28,33)/t17-,21+/m0/s1. The second-order valence-corrected chi connectivity index (χ2v) is 9.45. The Balaban J connectivity index is 1.43. The summed E-state index contributed by atoms with van der Waals surface area (Å²) in [5.74, 6) is -0.0393. The molecule has 0 aromatic heterocycles. The molecule has 2 heterocycles. The van der Waals surface area contributed by atoms with Gasteiger partial charge in [-0.05, 0) is 37.5 Å². The first kappa shape index (κ1) is 24.7. The lowest BCUT2D eigenvalue weighted by molar-refractivity contribution is -0.128. The van der Waals surface area contributed by atoms with Gasteiger partial charge in [-0.3, -0.25) is 19.4 Å². The summed E-state index contributed by atoms with van der Waals surface area (Å²) < 4.78 is 0. The highest BCUT2D eigenvalue weighted by molar-refractivity contribution is 8.14. The van der Waals surface area contributed by atoms with E-state index in [1.54, 1.807) is 0 Å². The summed E-state index contributed by atoms with van der Waals surface area (Å²) in [5, 5.41) is 6.21. The predicted octanol–water partition coefficient (Wildman–Crippen LogP) is 3.04. The topological polar surface area (TPSA) is 103 Å². The molecule has 8 nitrogen and oxygen atoms in total. The van der Waals surface area contributed by atoms with Crippen LogP contribution in [-0.4, -0.2) is 58.0 Å². The number of hydrogen-bond acceptors (Lipinski definition) is 6. The Labute approximate surface area is 209 Å². The van der Waals surface area contributed by atoms with Crippen molar-refractivity contribution in [1.29, 1.82) is 0 Å². The van der Waals surface area contributed by atoms with Gasteiger partial charge in [-0.2, -0.15) is 0 Å². The van der Waals surface area contributed by atoms with E-state index in [1.165, 1.54) is 16.7 Å². The van der Waals surface area contributed by atoms with Gasteiger partial charge in [0.25, 0.3) is 5.91 Å². The van der Waals surface area contributed by atoms with Gasteiger partial charge in [0.15, 0.2) is 5.17 Å². The van der Waals surface area contributed by atoms with Gasteiger partial charge in [-0.15, -0.1) is 0 Å². The lowest BCUT2D eigenvalue weighted by Gasteiger charge is -2.25. The number of nitrogens with one attached hydrogen (secondary N) is 2. The second kappa shape index (κ2) is 11.3. The second-order valence-electron chi connectivity index (χ2n) is 8.51. The molecule has 2 aromatic carbocycles. The highest BCUT2D eigenvalue weighted by Gasteiger charge is 2.42. The number of amidine groups is 2. The number of fused-ring (bicyclic) bond motifs is 3. The number of para-hydroxylation sites is 1. The summed E-state index contributed by atoms with van der Waals surface area (Å²) in [6, 6.07) is 16.6. The third kappa shape index (κ3) is 5.97. The third-order valence-corrected chi connectivity index (χ3v) is 6.80. The van der Waals surface area contributed by atoms with E-state index in [0.29, 0.717) is 29.7 Å². The molecule has 9 heteroatoms. The lowest BCUT2D eigenvalue weighted by atomic mass is 10.1. The van der Waals surface area contributed by atoms with Crippen molar-refractivity contribution in [3.05, 3.63) is 65.7 Å². The molecule has 2 aliphatic heterocycles. The third-order valence-electron chi connectivity index (χ3n) is 5.86. The molecule has 0 saturated carbocycles. The first-order chi connectivity index (χ1) is 17.0. The van der Waals surface area contributed by atoms with Crippen LogP contribution in [0.15, 0.2) is 64.6 Å². The molecule has 2 atom stereocenters. The molecule has 35 heavy (non-hydrogen) atoms. The Morgan fingerprint density at radius 1 is 1.09 bits per heavy atom. The molecule has 2 aromatic rings. The number of carbonyl (C=O) groups excluding carboxylic acids is 3. The minimum absolute atomic E-state index is 0.0394. The van der Waals surface area contributed by atoms with Crippen LogP contribution in [0.4, 0.5) is 5.69 Å². The zero-order chi connectivity index (χ0) is 24.8. The van der Waals surface area contributed by atoms with Crippen molar-refractivity contribution < 1.29 is 14.4 Å². The van der Waals surface area contributed by atoms with Crippen LogP contribution in [0.2, 0.25) is 0 Å². The number of thioether (sulfide) groups is 1. The zero-order valence-corrected chi connectivity index (χ0v) is 20.7. The first-order valence-corrected chi connectivity index (χ1v) is 12.8. The molecule has 0 fully saturated rings. The predicted molar refractivity (Wildman–Crippen MR) is 139 cm³/mol. The zero-order valence-electron chi connectivity index (χ0n) is 19.9. The van der Waals surface area contributed by atoms with E-state index < -0.39 is 6.04 Å². The molecular formula is C26H29N5O3S. The monoisotopic (exact) mass is 491 g/mol. The molecule has 4 rings (SSSR count). The number of hydrogen-bond donors (Lipinski definition) is 2. The molecule has 0 spiro atoms. The van der Waals surface area contributed by atoms with Crippen molar-refractivity contribution in [2.75, 3.05) is 12.3 Å². The van der Waals surface area contributed by atoms with Crippen LogP contribution < -0.4 is 10.6 Å². The fraction of sp³-hybridized carbons (Fsp3) is 0.346. The average Bonchev–Trinajstić information content (AvgIpc) is 3.19. The minimum Gasteiger partial charge on any atom is -0.356 e. The van der Waals surface area contributed by atoms with E-state index in [0.717, 1.165) is 17.5 Å². The number of carbonyl (C=O) groups is 3. The first-order valence-electron chi connectivity index (χ1n) is 11.8. The van der Waals surface area contributed by atoms with E-state index in [-0.39, 0.29) is 35.9 Å². The highest BCUT2D eigenvalue weighted by Crippen LogP contribution is 2.34. The molecule has 0 radical (unpaired) electrons. The average molecular weight is 492 g/mol. The summed E-state index contributed by atoms with van der Waals surface area (Å²) >= 11 is 1.20. The minimum atomic E-state index is -0.826. The van der Waals surface area contributed by atoms with Crippen molar-refractivity contribution in [3.63, 3.8) is 0 Å². The molecule has 3 amide bonds. The lowest BCUT2D eigenvalue weighted by Crippen LogP contribution is -2.42. The van der Waals surface area contributed by atoms with Crippen molar-refractivity contribution in [2.24, 2.45) is 9.98 Å². The van der Waals surface area contributed by atoms with Gasteiger partial charge in [0, 0.05) is 18.2 Å². The van der Waals surface area contributed by atoms with Crippen molar-refractivity contribution in [2.45, 2.75) is 45.2 Å². The molecule has 2 aliphatic rings. The van der Waals surface area contributed by atoms with E-state index in [2.05, 4.69) is 20.6 Å². The van der Waals surface area contributed by atoms with E-state index >= 15 is 0 Å². The van der Waals surface area contributed by atoms with E-state index in [9.17, 15) is 14.4 Å². The number of benzene rings is 2. The molecule has 2 N–H and O–H groups in total. The Morgan fingerprint density at radius 3 is 2.60 bits per heavy atom. The Morgan fingerprint density at radius 2 is 1.83 bits per heavy atom.